The molecule has 2 aromatic rings. The van der Waals surface area contributed by atoms with Gasteiger partial charge in [-0.3, -0.25) is 0 Å². The molecule has 0 saturated heterocycles. The fraction of sp³-hybridized carbons (Fsp3) is 0.333. The monoisotopic (exact) mass is 338 g/mol. The van der Waals surface area contributed by atoms with Crippen LogP contribution < -0.4 is 0 Å². The van der Waals surface area contributed by atoms with Crippen molar-refractivity contribution in [1.82, 2.24) is 0 Å². The minimum Gasteiger partial charge on any atom is -0.411 e. The van der Waals surface area contributed by atoms with E-state index in [1.165, 1.54) is 0 Å². The van der Waals surface area contributed by atoms with Crippen LogP contribution in [0.4, 0.5) is 0 Å². The van der Waals surface area contributed by atoms with Crippen LogP contribution in [-0.4, -0.2) is 21.8 Å². The van der Waals surface area contributed by atoms with Gasteiger partial charge in [0.05, 0.1) is 11.4 Å². The summed E-state index contributed by atoms with van der Waals surface area (Å²) in [6.07, 6.45) is 6.91. The van der Waals surface area contributed by atoms with E-state index in [0.29, 0.717) is 0 Å². The Kier molecular flexibility index (Phi) is 8.25. The van der Waals surface area contributed by atoms with Crippen LogP contribution >= 0.6 is 0 Å². The first-order valence-corrected chi connectivity index (χ1v) is 8.88. The Morgan fingerprint density at radius 1 is 0.560 bits per heavy atom. The van der Waals surface area contributed by atoms with Crippen molar-refractivity contribution < 1.29 is 10.4 Å². The number of oxime groups is 2. The number of hydrogen-bond acceptors (Lipinski definition) is 4. The second-order valence-electron chi connectivity index (χ2n) is 6.09. The standard InChI is InChI=1S/C21H26N2O2/c24-22-20(18-12-6-4-7-13-18)16-10-2-1-3-11-17-21(23-25)19-14-8-5-9-15-19/h4-9,12-15,24-25H,1-3,10-11,16-17H2. The Morgan fingerprint density at radius 2 is 0.920 bits per heavy atom. The highest BCUT2D eigenvalue weighted by molar-refractivity contribution is 6.00. The Bertz CT molecular complexity index is 607. The lowest BCUT2D eigenvalue weighted by Gasteiger charge is -2.06. The zero-order chi connectivity index (χ0) is 17.7. The van der Waals surface area contributed by atoms with Gasteiger partial charge in [0.1, 0.15) is 0 Å². The van der Waals surface area contributed by atoms with Gasteiger partial charge in [0.25, 0.3) is 0 Å². The lowest BCUT2D eigenvalue weighted by molar-refractivity contribution is 0.317. The largest absolute Gasteiger partial charge is 0.411 e. The van der Waals surface area contributed by atoms with Gasteiger partial charge in [0, 0.05) is 0 Å². The minimum atomic E-state index is 0.749. The summed E-state index contributed by atoms with van der Waals surface area (Å²) in [6.45, 7) is 0. The van der Waals surface area contributed by atoms with E-state index in [1.807, 2.05) is 60.7 Å². The first-order valence-electron chi connectivity index (χ1n) is 8.88. The molecule has 0 fully saturated rings. The van der Waals surface area contributed by atoms with E-state index in [2.05, 4.69) is 10.3 Å². The number of nitrogens with zero attached hydrogens (tertiary/aromatic N) is 2. The summed E-state index contributed by atoms with van der Waals surface area (Å²) in [5.41, 5.74) is 3.46. The molecule has 0 atom stereocenters. The Morgan fingerprint density at radius 3 is 1.28 bits per heavy atom. The third-order valence-electron chi connectivity index (χ3n) is 4.28. The van der Waals surface area contributed by atoms with E-state index in [9.17, 15) is 0 Å². The normalized spacial score (nSPS) is 12.3. The molecule has 2 N–H and O–H groups in total. The molecule has 0 aliphatic heterocycles. The van der Waals surface area contributed by atoms with E-state index >= 15 is 0 Å². The lowest BCUT2D eigenvalue weighted by atomic mass is 10.0. The van der Waals surface area contributed by atoms with Gasteiger partial charge in [0.15, 0.2) is 0 Å². The predicted octanol–water partition coefficient (Wildman–Crippen LogP) is 5.47. The topological polar surface area (TPSA) is 65.2 Å². The number of unbranched alkanes of at least 4 members (excludes halogenated alkanes) is 4. The van der Waals surface area contributed by atoms with Crippen LogP contribution in [0, 0.1) is 0 Å². The van der Waals surface area contributed by atoms with E-state index in [-0.39, 0.29) is 0 Å². The maximum atomic E-state index is 9.17. The van der Waals surface area contributed by atoms with Crippen molar-refractivity contribution in [1.29, 1.82) is 0 Å². The maximum absolute atomic E-state index is 9.17. The van der Waals surface area contributed by atoms with E-state index in [1.54, 1.807) is 0 Å². The third kappa shape index (κ3) is 6.42. The molecule has 0 aliphatic rings. The van der Waals surface area contributed by atoms with Crippen LogP contribution in [-0.2, 0) is 0 Å². The van der Waals surface area contributed by atoms with Crippen LogP contribution in [0.2, 0.25) is 0 Å². The van der Waals surface area contributed by atoms with Crippen LogP contribution in [0.5, 0.6) is 0 Å². The van der Waals surface area contributed by atoms with Crippen molar-refractivity contribution in [2.24, 2.45) is 10.3 Å². The van der Waals surface area contributed by atoms with Crippen molar-refractivity contribution in [3.8, 4) is 0 Å². The molecule has 2 rings (SSSR count). The second-order valence-corrected chi connectivity index (χ2v) is 6.09. The summed E-state index contributed by atoms with van der Waals surface area (Å²) in [5, 5.41) is 25.2. The number of hydrogen-bond donors (Lipinski definition) is 2. The van der Waals surface area contributed by atoms with Crippen molar-refractivity contribution in [3.63, 3.8) is 0 Å². The molecule has 0 bridgehead atoms. The molecule has 4 nitrogen and oxygen atoms in total. The molecule has 0 aliphatic carbocycles. The average molecular weight is 338 g/mol. The maximum Gasteiger partial charge on any atom is 0.0867 e. The van der Waals surface area contributed by atoms with Gasteiger partial charge in [-0.1, -0.05) is 90.2 Å². The Hall–Kier alpha value is -2.62. The second kappa shape index (κ2) is 11.0. The predicted molar refractivity (Wildman–Crippen MR) is 102 cm³/mol. The highest BCUT2D eigenvalue weighted by Gasteiger charge is 2.05. The van der Waals surface area contributed by atoms with Gasteiger partial charge in [-0.05, 0) is 36.8 Å². The van der Waals surface area contributed by atoms with Gasteiger partial charge >= 0.3 is 0 Å². The minimum absolute atomic E-state index is 0.749. The van der Waals surface area contributed by atoms with Crippen molar-refractivity contribution in [3.05, 3.63) is 71.8 Å². The van der Waals surface area contributed by atoms with Crippen LogP contribution in [0.25, 0.3) is 0 Å². The molecule has 4 heteroatoms. The quantitative estimate of drug-likeness (QED) is 0.261. The smallest absolute Gasteiger partial charge is 0.0867 e. The zero-order valence-corrected chi connectivity index (χ0v) is 14.5. The molecule has 0 amide bonds. The van der Waals surface area contributed by atoms with Gasteiger partial charge in [-0.15, -0.1) is 0 Å². The highest BCUT2D eigenvalue weighted by Crippen LogP contribution is 2.13. The first kappa shape index (κ1) is 18.7. The lowest BCUT2D eigenvalue weighted by Crippen LogP contribution is -2.01. The molecule has 0 radical (unpaired) electrons. The Balaban J connectivity index is 1.62. The van der Waals surface area contributed by atoms with Crippen LogP contribution in [0.3, 0.4) is 0 Å². The van der Waals surface area contributed by atoms with Gasteiger partial charge < -0.3 is 10.4 Å². The Labute approximate surface area is 149 Å². The fourth-order valence-electron chi connectivity index (χ4n) is 2.88. The molecule has 0 aromatic heterocycles. The van der Waals surface area contributed by atoms with Crippen LogP contribution in [0.1, 0.15) is 56.1 Å². The first-order chi connectivity index (χ1) is 12.3. The molecule has 0 spiro atoms. The molecule has 0 unspecified atom stereocenters. The molecule has 0 heterocycles. The summed E-state index contributed by atoms with van der Waals surface area (Å²) >= 11 is 0. The molecule has 25 heavy (non-hydrogen) atoms. The molecular formula is C21H26N2O2. The van der Waals surface area contributed by atoms with E-state index in [4.69, 9.17) is 10.4 Å². The number of benzene rings is 2. The van der Waals surface area contributed by atoms with Crippen molar-refractivity contribution in [2.45, 2.75) is 44.9 Å². The number of rotatable bonds is 10. The molecular weight excluding hydrogens is 312 g/mol. The van der Waals surface area contributed by atoms with E-state index in [0.717, 1.165) is 67.5 Å². The summed E-state index contributed by atoms with van der Waals surface area (Å²) in [6, 6.07) is 19.6. The summed E-state index contributed by atoms with van der Waals surface area (Å²) in [4.78, 5) is 0. The van der Waals surface area contributed by atoms with Crippen molar-refractivity contribution >= 4 is 11.4 Å². The average Bonchev–Trinajstić information content (AvgIpc) is 2.68. The fourth-order valence-corrected chi connectivity index (χ4v) is 2.88. The summed E-state index contributed by atoms with van der Waals surface area (Å²) < 4.78 is 0. The summed E-state index contributed by atoms with van der Waals surface area (Å²) in [5.74, 6) is 0. The van der Waals surface area contributed by atoms with Crippen LogP contribution in [0.15, 0.2) is 71.0 Å². The van der Waals surface area contributed by atoms with Gasteiger partial charge in [-0.25, -0.2) is 0 Å². The highest BCUT2D eigenvalue weighted by atomic mass is 16.4. The third-order valence-corrected chi connectivity index (χ3v) is 4.28. The molecule has 0 saturated carbocycles. The van der Waals surface area contributed by atoms with Gasteiger partial charge in [0.2, 0.25) is 0 Å². The molecule has 2 aromatic carbocycles. The van der Waals surface area contributed by atoms with E-state index < -0.39 is 0 Å². The van der Waals surface area contributed by atoms with Gasteiger partial charge in [-0.2, -0.15) is 0 Å². The van der Waals surface area contributed by atoms with Crippen molar-refractivity contribution in [2.75, 3.05) is 0 Å². The summed E-state index contributed by atoms with van der Waals surface area (Å²) in [7, 11) is 0. The molecule has 132 valence electrons. The zero-order valence-electron chi connectivity index (χ0n) is 14.5. The SMILES string of the molecule is ON=C(CCCCCCCC(=NO)c1ccccc1)c1ccccc1.